The number of rotatable bonds is 4. The molecule has 0 radical (unpaired) electrons. The molecule has 0 aliphatic rings. The van der Waals surface area contributed by atoms with Crippen LogP contribution in [0.2, 0.25) is 0 Å². The Kier molecular flexibility index (Phi) is 4.32. The molecule has 2 N–H and O–H groups in total. The third-order valence-electron chi connectivity index (χ3n) is 2.87. The van der Waals surface area contributed by atoms with Gasteiger partial charge in [0.1, 0.15) is 0 Å². The SMILES string of the molecule is COc1ccc(NCc2ccc(C)cc2Br)cc1O. The van der Waals surface area contributed by atoms with Crippen molar-refractivity contribution in [2.45, 2.75) is 13.5 Å². The van der Waals surface area contributed by atoms with E-state index in [0.717, 1.165) is 10.2 Å². The molecular weight excluding hydrogens is 306 g/mol. The maximum atomic E-state index is 9.71. The van der Waals surface area contributed by atoms with Crippen molar-refractivity contribution in [3.63, 3.8) is 0 Å². The van der Waals surface area contributed by atoms with Crippen LogP contribution in [0.5, 0.6) is 11.5 Å². The Morgan fingerprint density at radius 3 is 2.63 bits per heavy atom. The molecule has 2 rings (SSSR count). The molecule has 0 aromatic heterocycles. The fourth-order valence-electron chi connectivity index (χ4n) is 1.79. The molecule has 0 saturated heterocycles. The Morgan fingerprint density at radius 2 is 2.00 bits per heavy atom. The average Bonchev–Trinajstić information content (AvgIpc) is 2.38. The van der Waals surface area contributed by atoms with E-state index in [1.165, 1.54) is 18.2 Å². The highest BCUT2D eigenvalue weighted by molar-refractivity contribution is 9.10. The van der Waals surface area contributed by atoms with E-state index in [0.29, 0.717) is 12.3 Å². The summed E-state index contributed by atoms with van der Waals surface area (Å²) in [7, 11) is 1.53. The van der Waals surface area contributed by atoms with Crippen LogP contribution in [0.1, 0.15) is 11.1 Å². The van der Waals surface area contributed by atoms with Crippen LogP contribution >= 0.6 is 15.9 Å². The number of nitrogens with one attached hydrogen (secondary N) is 1. The number of ether oxygens (including phenoxy) is 1. The van der Waals surface area contributed by atoms with E-state index < -0.39 is 0 Å². The molecule has 0 unspecified atom stereocenters. The molecule has 3 nitrogen and oxygen atoms in total. The Bertz CT molecular complexity index is 584. The zero-order valence-electron chi connectivity index (χ0n) is 10.9. The first-order valence-corrected chi connectivity index (χ1v) is 6.75. The Hall–Kier alpha value is -1.68. The van der Waals surface area contributed by atoms with Gasteiger partial charge in [-0.05, 0) is 36.2 Å². The zero-order valence-corrected chi connectivity index (χ0v) is 12.5. The standard InChI is InChI=1S/C15H16BrNO2/c1-10-3-4-11(13(16)7-10)9-17-12-5-6-15(19-2)14(18)8-12/h3-8,17-18H,9H2,1-2H3. The lowest BCUT2D eigenvalue weighted by Crippen LogP contribution is -2.00. The number of halogens is 1. The number of methoxy groups -OCH3 is 1. The van der Waals surface area contributed by atoms with Gasteiger partial charge in [-0.25, -0.2) is 0 Å². The predicted octanol–water partition coefficient (Wildman–Crippen LogP) is 4.08. The van der Waals surface area contributed by atoms with Gasteiger partial charge in [0.25, 0.3) is 0 Å². The van der Waals surface area contributed by atoms with Crippen LogP contribution in [0.4, 0.5) is 5.69 Å². The van der Waals surface area contributed by atoms with Gasteiger partial charge in [-0.1, -0.05) is 28.1 Å². The molecule has 2 aromatic carbocycles. The van der Waals surface area contributed by atoms with Crippen LogP contribution in [0, 0.1) is 6.92 Å². The summed E-state index contributed by atoms with van der Waals surface area (Å²) in [5, 5.41) is 13.0. The van der Waals surface area contributed by atoms with Crippen LogP contribution in [0.15, 0.2) is 40.9 Å². The van der Waals surface area contributed by atoms with E-state index >= 15 is 0 Å². The second kappa shape index (κ2) is 5.97. The molecule has 0 fully saturated rings. The fourth-order valence-corrected chi connectivity index (χ4v) is 2.43. The van der Waals surface area contributed by atoms with E-state index in [-0.39, 0.29) is 5.75 Å². The third-order valence-corrected chi connectivity index (χ3v) is 3.61. The Morgan fingerprint density at radius 1 is 1.21 bits per heavy atom. The Labute approximate surface area is 121 Å². The molecule has 0 aliphatic carbocycles. The molecule has 0 heterocycles. The maximum Gasteiger partial charge on any atom is 0.160 e. The second-order valence-electron chi connectivity index (χ2n) is 4.34. The van der Waals surface area contributed by atoms with E-state index in [4.69, 9.17) is 4.74 Å². The van der Waals surface area contributed by atoms with Crippen molar-refractivity contribution in [2.75, 3.05) is 12.4 Å². The largest absolute Gasteiger partial charge is 0.504 e. The number of aryl methyl sites for hydroxylation is 1. The molecule has 4 heteroatoms. The van der Waals surface area contributed by atoms with Gasteiger partial charge in [0.05, 0.1) is 7.11 Å². The first kappa shape index (κ1) is 13.7. The molecule has 2 aromatic rings. The highest BCUT2D eigenvalue weighted by Crippen LogP contribution is 2.29. The van der Waals surface area contributed by atoms with Crippen molar-refractivity contribution in [2.24, 2.45) is 0 Å². The molecular formula is C15H16BrNO2. The molecule has 0 bridgehead atoms. The highest BCUT2D eigenvalue weighted by Gasteiger charge is 2.04. The van der Waals surface area contributed by atoms with Gasteiger partial charge in [-0.3, -0.25) is 0 Å². The molecule has 0 aliphatic heterocycles. The van der Waals surface area contributed by atoms with Gasteiger partial charge in [0.15, 0.2) is 11.5 Å². The number of hydrogen-bond donors (Lipinski definition) is 2. The summed E-state index contributed by atoms with van der Waals surface area (Å²) in [6.45, 7) is 2.75. The molecule has 0 saturated carbocycles. The van der Waals surface area contributed by atoms with Gasteiger partial charge < -0.3 is 15.2 Å². The van der Waals surface area contributed by atoms with Crippen molar-refractivity contribution >= 4 is 21.6 Å². The van der Waals surface area contributed by atoms with Gasteiger partial charge in [0, 0.05) is 22.8 Å². The summed E-state index contributed by atoms with van der Waals surface area (Å²) in [6.07, 6.45) is 0. The number of anilines is 1. The van der Waals surface area contributed by atoms with Crippen molar-refractivity contribution in [3.8, 4) is 11.5 Å². The lowest BCUT2D eigenvalue weighted by atomic mass is 10.1. The predicted molar refractivity (Wildman–Crippen MR) is 80.9 cm³/mol. The molecule has 100 valence electrons. The van der Waals surface area contributed by atoms with Crippen LogP contribution in [0.3, 0.4) is 0 Å². The van der Waals surface area contributed by atoms with Crippen LogP contribution in [-0.2, 0) is 6.54 Å². The lowest BCUT2D eigenvalue weighted by Gasteiger charge is -2.10. The minimum Gasteiger partial charge on any atom is -0.504 e. The quantitative estimate of drug-likeness (QED) is 0.891. The average molecular weight is 322 g/mol. The molecule has 0 spiro atoms. The van der Waals surface area contributed by atoms with Crippen molar-refractivity contribution < 1.29 is 9.84 Å². The monoisotopic (exact) mass is 321 g/mol. The number of phenolic OH excluding ortho intramolecular Hbond substituents is 1. The second-order valence-corrected chi connectivity index (χ2v) is 5.19. The minimum absolute atomic E-state index is 0.135. The number of hydrogen-bond acceptors (Lipinski definition) is 3. The van der Waals surface area contributed by atoms with Gasteiger partial charge in [0.2, 0.25) is 0 Å². The van der Waals surface area contributed by atoms with E-state index in [9.17, 15) is 5.11 Å². The first-order valence-electron chi connectivity index (χ1n) is 5.96. The van der Waals surface area contributed by atoms with Crippen LogP contribution in [-0.4, -0.2) is 12.2 Å². The fraction of sp³-hybridized carbons (Fsp3) is 0.200. The number of aromatic hydroxyl groups is 1. The van der Waals surface area contributed by atoms with Gasteiger partial charge >= 0.3 is 0 Å². The molecule has 0 amide bonds. The zero-order chi connectivity index (χ0) is 13.8. The lowest BCUT2D eigenvalue weighted by molar-refractivity contribution is 0.373. The summed E-state index contributed by atoms with van der Waals surface area (Å²) in [5.74, 6) is 0.609. The van der Waals surface area contributed by atoms with E-state index in [1.54, 1.807) is 12.1 Å². The summed E-state index contributed by atoms with van der Waals surface area (Å²) in [5.41, 5.74) is 3.24. The minimum atomic E-state index is 0.135. The normalized spacial score (nSPS) is 10.3. The summed E-state index contributed by atoms with van der Waals surface area (Å²) < 4.78 is 6.09. The van der Waals surface area contributed by atoms with Gasteiger partial charge in [-0.2, -0.15) is 0 Å². The van der Waals surface area contributed by atoms with Crippen LogP contribution < -0.4 is 10.1 Å². The number of phenols is 1. The number of benzene rings is 2. The topological polar surface area (TPSA) is 41.5 Å². The van der Waals surface area contributed by atoms with Crippen molar-refractivity contribution in [1.29, 1.82) is 0 Å². The smallest absolute Gasteiger partial charge is 0.160 e. The Balaban J connectivity index is 2.08. The van der Waals surface area contributed by atoms with Crippen LogP contribution in [0.25, 0.3) is 0 Å². The van der Waals surface area contributed by atoms with E-state index in [1.807, 2.05) is 6.07 Å². The molecule has 0 atom stereocenters. The third kappa shape index (κ3) is 3.41. The summed E-state index contributed by atoms with van der Waals surface area (Å²) in [6, 6.07) is 11.5. The molecule has 19 heavy (non-hydrogen) atoms. The van der Waals surface area contributed by atoms with Crippen molar-refractivity contribution in [1.82, 2.24) is 0 Å². The van der Waals surface area contributed by atoms with E-state index in [2.05, 4.69) is 46.4 Å². The van der Waals surface area contributed by atoms with Gasteiger partial charge in [-0.15, -0.1) is 0 Å². The summed E-state index contributed by atoms with van der Waals surface area (Å²) in [4.78, 5) is 0. The highest BCUT2D eigenvalue weighted by atomic mass is 79.9. The maximum absolute atomic E-state index is 9.71. The first-order chi connectivity index (χ1) is 9.10. The summed E-state index contributed by atoms with van der Waals surface area (Å²) >= 11 is 3.55. The van der Waals surface area contributed by atoms with Crippen molar-refractivity contribution in [3.05, 3.63) is 52.0 Å².